The summed E-state index contributed by atoms with van der Waals surface area (Å²) in [5.41, 5.74) is -0.0444. The second-order valence-corrected chi connectivity index (χ2v) is 6.51. The van der Waals surface area contributed by atoms with Crippen LogP contribution in [0.4, 0.5) is 5.95 Å². The van der Waals surface area contributed by atoms with Gasteiger partial charge in [-0.1, -0.05) is 0 Å². The van der Waals surface area contributed by atoms with E-state index in [1.54, 1.807) is 18.7 Å². The zero-order valence-electron chi connectivity index (χ0n) is 13.1. The average Bonchev–Trinajstić information content (AvgIpc) is 3.19. The van der Waals surface area contributed by atoms with E-state index < -0.39 is 0 Å². The van der Waals surface area contributed by atoms with Crippen molar-refractivity contribution in [2.24, 2.45) is 0 Å². The van der Waals surface area contributed by atoms with E-state index in [9.17, 15) is 0 Å². The number of nitrogens with one attached hydrogen (secondary N) is 1. The molecule has 2 aliphatic rings. The van der Waals surface area contributed by atoms with Crippen molar-refractivity contribution in [2.75, 3.05) is 25.0 Å². The molecule has 2 atom stereocenters. The van der Waals surface area contributed by atoms with Crippen molar-refractivity contribution in [3.8, 4) is 0 Å². The van der Waals surface area contributed by atoms with Gasteiger partial charge < -0.3 is 14.5 Å². The summed E-state index contributed by atoms with van der Waals surface area (Å²) in [7, 11) is 0. The van der Waals surface area contributed by atoms with E-state index in [0.29, 0.717) is 12.6 Å². The molecule has 0 amide bonds. The van der Waals surface area contributed by atoms with E-state index in [-0.39, 0.29) is 11.6 Å². The van der Waals surface area contributed by atoms with Crippen LogP contribution in [-0.4, -0.2) is 46.2 Å². The molecular formula is C17H22N4O2. The van der Waals surface area contributed by atoms with Gasteiger partial charge in [0.2, 0.25) is 5.95 Å². The molecule has 6 heteroatoms. The highest BCUT2D eigenvalue weighted by molar-refractivity contribution is 5.25. The van der Waals surface area contributed by atoms with Crippen LogP contribution >= 0.6 is 0 Å². The summed E-state index contributed by atoms with van der Waals surface area (Å²) in [5, 5.41) is 3.39. The third kappa shape index (κ3) is 3.38. The number of anilines is 1. The van der Waals surface area contributed by atoms with Gasteiger partial charge >= 0.3 is 0 Å². The molecule has 6 nitrogen and oxygen atoms in total. The molecule has 2 aliphatic heterocycles. The molecule has 0 bridgehead atoms. The van der Waals surface area contributed by atoms with Gasteiger partial charge in [-0.3, -0.25) is 4.90 Å². The summed E-state index contributed by atoms with van der Waals surface area (Å²) in [5.74, 6) is 1.70. The maximum absolute atomic E-state index is 6.23. The van der Waals surface area contributed by atoms with Gasteiger partial charge in [-0.05, 0) is 37.6 Å². The highest BCUT2D eigenvalue weighted by atomic mass is 16.5. The molecule has 0 radical (unpaired) electrons. The SMILES string of the molecule is c1cnc(N[C@H]2CO[C@]3(CCCN(Cc4ccco4)C3)C2)nc1. The van der Waals surface area contributed by atoms with Crippen molar-refractivity contribution in [2.45, 2.75) is 37.5 Å². The molecule has 0 aromatic carbocycles. The van der Waals surface area contributed by atoms with Crippen molar-refractivity contribution in [1.29, 1.82) is 0 Å². The number of rotatable bonds is 4. The zero-order chi connectivity index (χ0) is 15.5. The lowest BCUT2D eigenvalue weighted by atomic mass is 9.88. The third-order valence-corrected chi connectivity index (χ3v) is 4.69. The van der Waals surface area contributed by atoms with Crippen LogP contribution in [0.2, 0.25) is 0 Å². The van der Waals surface area contributed by atoms with E-state index in [4.69, 9.17) is 9.15 Å². The zero-order valence-corrected chi connectivity index (χ0v) is 13.1. The molecule has 4 heterocycles. The first kappa shape index (κ1) is 14.7. The lowest BCUT2D eigenvalue weighted by Gasteiger charge is -2.39. The minimum atomic E-state index is -0.0444. The van der Waals surface area contributed by atoms with Crippen LogP contribution in [-0.2, 0) is 11.3 Å². The van der Waals surface area contributed by atoms with Crippen molar-refractivity contribution < 1.29 is 9.15 Å². The number of piperidine rings is 1. The summed E-state index contributed by atoms with van der Waals surface area (Å²) < 4.78 is 11.7. The largest absolute Gasteiger partial charge is 0.468 e. The summed E-state index contributed by atoms with van der Waals surface area (Å²) in [6.07, 6.45) is 8.53. The van der Waals surface area contributed by atoms with Gasteiger partial charge in [-0.25, -0.2) is 9.97 Å². The Morgan fingerprint density at radius 2 is 2.22 bits per heavy atom. The Labute approximate surface area is 135 Å². The van der Waals surface area contributed by atoms with Gasteiger partial charge in [0.05, 0.1) is 31.1 Å². The highest BCUT2D eigenvalue weighted by Gasteiger charge is 2.43. The maximum Gasteiger partial charge on any atom is 0.222 e. The van der Waals surface area contributed by atoms with Gasteiger partial charge in [0.15, 0.2) is 0 Å². The Balaban J connectivity index is 1.37. The lowest BCUT2D eigenvalue weighted by Crippen LogP contribution is -2.47. The van der Waals surface area contributed by atoms with Crippen LogP contribution in [0.1, 0.15) is 25.0 Å². The number of ether oxygens (including phenoxy) is 1. The number of aromatic nitrogens is 2. The average molecular weight is 314 g/mol. The van der Waals surface area contributed by atoms with Crippen LogP contribution in [0.3, 0.4) is 0 Å². The predicted octanol–water partition coefficient (Wildman–Crippen LogP) is 2.31. The number of likely N-dealkylation sites (tertiary alicyclic amines) is 1. The fourth-order valence-electron chi connectivity index (χ4n) is 3.73. The topological polar surface area (TPSA) is 63.4 Å². The summed E-state index contributed by atoms with van der Waals surface area (Å²) >= 11 is 0. The molecular weight excluding hydrogens is 292 g/mol. The molecule has 23 heavy (non-hydrogen) atoms. The quantitative estimate of drug-likeness (QED) is 0.934. The molecule has 2 saturated heterocycles. The second kappa shape index (κ2) is 6.29. The number of hydrogen-bond acceptors (Lipinski definition) is 6. The third-order valence-electron chi connectivity index (χ3n) is 4.69. The Bertz CT molecular complexity index is 619. The molecule has 0 unspecified atom stereocenters. The normalized spacial score (nSPS) is 28.3. The van der Waals surface area contributed by atoms with E-state index in [1.807, 2.05) is 18.2 Å². The van der Waals surface area contributed by atoms with Gasteiger partial charge in [-0.15, -0.1) is 0 Å². The van der Waals surface area contributed by atoms with Crippen molar-refractivity contribution in [3.63, 3.8) is 0 Å². The first-order valence-electron chi connectivity index (χ1n) is 8.24. The maximum atomic E-state index is 6.23. The predicted molar refractivity (Wildman–Crippen MR) is 86.0 cm³/mol. The van der Waals surface area contributed by atoms with Gasteiger partial charge in [0.1, 0.15) is 5.76 Å². The summed E-state index contributed by atoms with van der Waals surface area (Å²) in [6, 6.07) is 6.08. The van der Waals surface area contributed by atoms with Crippen molar-refractivity contribution in [3.05, 3.63) is 42.6 Å². The minimum absolute atomic E-state index is 0.0444. The van der Waals surface area contributed by atoms with E-state index in [2.05, 4.69) is 20.2 Å². The smallest absolute Gasteiger partial charge is 0.222 e. The van der Waals surface area contributed by atoms with Gasteiger partial charge in [0, 0.05) is 25.4 Å². The molecule has 122 valence electrons. The van der Waals surface area contributed by atoms with Gasteiger partial charge in [-0.2, -0.15) is 0 Å². The molecule has 0 saturated carbocycles. The lowest BCUT2D eigenvalue weighted by molar-refractivity contribution is -0.0544. The van der Waals surface area contributed by atoms with E-state index >= 15 is 0 Å². The van der Waals surface area contributed by atoms with Gasteiger partial charge in [0.25, 0.3) is 0 Å². The molecule has 2 aromatic rings. The Morgan fingerprint density at radius 1 is 1.30 bits per heavy atom. The monoisotopic (exact) mass is 314 g/mol. The molecule has 2 aromatic heterocycles. The van der Waals surface area contributed by atoms with Crippen LogP contribution in [0, 0.1) is 0 Å². The number of furan rings is 1. The number of hydrogen-bond donors (Lipinski definition) is 1. The minimum Gasteiger partial charge on any atom is -0.468 e. The van der Waals surface area contributed by atoms with E-state index in [0.717, 1.165) is 44.7 Å². The Kier molecular flexibility index (Phi) is 4.01. The first-order chi connectivity index (χ1) is 11.3. The fourth-order valence-corrected chi connectivity index (χ4v) is 3.73. The van der Waals surface area contributed by atoms with Crippen LogP contribution in [0.15, 0.2) is 41.3 Å². The fraction of sp³-hybridized carbons (Fsp3) is 0.529. The van der Waals surface area contributed by atoms with Crippen LogP contribution in [0.25, 0.3) is 0 Å². The standard InChI is InChI=1S/C17H22N4O2/c1-4-15(22-9-1)11-21-8-2-5-17(13-21)10-14(12-23-17)20-16-18-6-3-7-19-16/h1,3-4,6-7,9,14H,2,5,8,10-13H2,(H,18,19,20)/t14-,17-/m1/s1. The van der Waals surface area contributed by atoms with Crippen molar-refractivity contribution in [1.82, 2.24) is 14.9 Å². The molecule has 4 rings (SSSR count). The summed E-state index contributed by atoms with van der Waals surface area (Å²) in [6.45, 7) is 3.64. The number of nitrogens with zero attached hydrogens (tertiary/aromatic N) is 3. The second-order valence-electron chi connectivity index (χ2n) is 6.51. The molecule has 1 spiro atoms. The highest BCUT2D eigenvalue weighted by Crippen LogP contribution is 2.35. The molecule has 1 N–H and O–H groups in total. The Morgan fingerprint density at radius 3 is 3.04 bits per heavy atom. The van der Waals surface area contributed by atoms with Crippen LogP contribution < -0.4 is 5.32 Å². The Hall–Kier alpha value is -1.92. The molecule has 0 aliphatic carbocycles. The first-order valence-corrected chi connectivity index (χ1v) is 8.24. The van der Waals surface area contributed by atoms with Crippen LogP contribution in [0.5, 0.6) is 0 Å². The summed E-state index contributed by atoms with van der Waals surface area (Å²) in [4.78, 5) is 10.9. The van der Waals surface area contributed by atoms with E-state index in [1.165, 1.54) is 0 Å². The molecule has 2 fully saturated rings. The van der Waals surface area contributed by atoms with Crippen molar-refractivity contribution >= 4 is 5.95 Å².